The Kier molecular flexibility index (Phi) is 9.54. The zero-order valence-corrected chi connectivity index (χ0v) is 31.4. The molecule has 0 saturated carbocycles. The average Bonchev–Trinajstić information content (AvgIpc) is 3.78. The lowest BCUT2D eigenvalue weighted by molar-refractivity contribution is -0.166. The molecule has 0 radical (unpaired) electrons. The lowest BCUT2D eigenvalue weighted by atomic mass is 9.84. The Bertz CT molecular complexity index is 2220. The Morgan fingerprint density at radius 2 is 1.56 bits per heavy atom. The first-order valence-electron chi connectivity index (χ1n) is 17.8. The molecule has 1 unspecified atom stereocenters. The van der Waals surface area contributed by atoms with Crippen LogP contribution in [0, 0.1) is 18.8 Å². The van der Waals surface area contributed by atoms with Crippen LogP contribution in [-0.4, -0.2) is 61.6 Å². The Morgan fingerprint density at radius 3 is 2.19 bits per heavy atom. The maximum atomic E-state index is 14.3. The molecule has 0 spiro atoms. The number of ketones is 1. The van der Waals surface area contributed by atoms with E-state index >= 15 is 0 Å². The molecule has 0 saturated heterocycles. The van der Waals surface area contributed by atoms with Crippen LogP contribution in [0.15, 0.2) is 18.2 Å². The maximum Gasteiger partial charge on any atom is 0.330 e. The summed E-state index contributed by atoms with van der Waals surface area (Å²) in [6.07, 6.45) is 1.03. The van der Waals surface area contributed by atoms with Gasteiger partial charge in [0, 0.05) is 53.6 Å². The summed E-state index contributed by atoms with van der Waals surface area (Å²) in [6, 6.07) is 5.62. The molecule has 0 aromatic carbocycles. The van der Waals surface area contributed by atoms with E-state index in [4.69, 9.17) is 19.5 Å². The largest absolute Gasteiger partial charge is 0.469 e. The highest BCUT2D eigenvalue weighted by atomic mass is 16.7. The number of nitrogens with one attached hydrogen (secondary N) is 2. The van der Waals surface area contributed by atoms with Crippen molar-refractivity contribution in [3.8, 4) is 0 Å². The van der Waals surface area contributed by atoms with Crippen LogP contribution < -0.4 is 0 Å². The van der Waals surface area contributed by atoms with Crippen molar-refractivity contribution in [3.63, 3.8) is 0 Å². The maximum absolute atomic E-state index is 14.3. The van der Waals surface area contributed by atoms with Crippen LogP contribution in [0.4, 0.5) is 0 Å². The van der Waals surface area contributed by atoms with E-state index in [1.807, 2.05) is 66.7 Å². The number of nitrogens with zero attached hydrogens (tertiary/aromatic N) is 3. The number of H-pyrrole nitrogens is 2. The number of imide groups is 1. The molecule has 12 nitrogen and oxygen atoms in total. The van der Waals surface area contributed by atoms with E-state index in [1.54, 1.807) is 6.92 Å². The molecule has 2 aromatic rings. The van der Waals surface area contributed by atoms with Crippen LogP contribution >= 0.6 is 0 Å². The van der Waals surface area contributed by atoms with Gasteiger partial charge in [-0.15, -0.1) is 0 Å². The smallest absolute Gasteiger partial charge is 0.330 e. The number of methoxy groups -OCH3 is 1. The predicted octanol–water partition coefficient (Wildman–Crippen LogP) is 7.39. The summed E-state index contributed by atoms with van der Waals surface area (Å²) in [4.78, 5) is 89.1. The average molecular weight is 708 g/mol. The summed E-state index contributed by atoms with van der Waals surface area (Å²) in [6.45, 7) is 16.8. The number of fused-ring (bicyclic) bond motifs is 8. The monoisotopic (exact) mass is 707 g/mol. The molecule has 2 amide bonds. The van der Waals surface area contributed by atoms with Gasteiger partial charge >= 0.3 is 11.9 Å². The van der Waals surface area contributed by atoms with Gasteiger partial charge in [-0.3, -0.25) is 19.2 Å². The zero-order valence-electron chi connectivity index (χ0n) is 31.4. The fourth-order valence-electron chi connectivity index (χ4n) is 7.51. The fourth-order valence-corrected chi connectivity index (χ4v) is 7.51. The number of hydrogen-bond donors (Lipinski definition) is 2. The molecule has 0 aliphatic carbocycles. The molecule has 12 heteroatoms. The van der Waals surface area contributed by atoms with E-state index < -0.39 is 29.7 Å². The molecular weight excluding hydrogens is 662 g/mol. The molecule has 4 aliphatic rings. The van der Waals surface area contributed by atoms with Crippen LogP contribution in [0.1, 0.15) is 147 Å². The molecule has 4 aliphatic heterocycles. The summed E-state index contributed by atoms with van der Waals surface area (Å²) in [7, 11) is 1.32. The Hall–Kier alpha value is -5.39. The molecule has 6 rings (SSSR count). The second-order valence-corrected chi connectivity index (χ2v) is 14.3. The van der Waals surface area contributed by atoms with Gasteiger partial charge in [-0.05, 0) is 80.0 Å². The van der Waals surface area contributed by atoms with Crippen LogP contribution in [0.2, 0.25) is 0 Å². The number of hydrogen-bond acceptors (Lipinski definition) is 9. The number of allylic oxidation sites excluding steroid dienone is 4. The molecular formula is C40H45N5O7. The summed E-state index contributed by atoms with van der Waals surface area (Å²) in [5, 5.41) is 0.510. The Balaban J connectivity index is 1.78. The van der Waals surface area contributed by atoms with E-state index in [-0.39, 0.29) is 46.6 Å². The fraction of sp³-hybridized carbons (Fsp3) is 0.425. The van der Waals surface area contributed by atoms with Gasteiger partial charge in [0.05, 0.1) is 46.5 Å². The van der Waals surface area contributed by atoms with Crippen LogP contribution in [-0.2, 0) is 24.0 Å². The van der Waals surface area contributed by atoms with E-state index in [2.05, 4.69) is 9.97 Å². The summed E-state index contributed by atoms with van der Waals surface area (Å²) < 4.78 is 4.96. The first-order valence-corrected chi connectivity index (χ1v) is 17.8. The summed E-state index contributed by atoms with van der Waals surface area (Å²) in [5.74, 6) is -3.68. The van der Waals surface area contributed by atoms with Gasteiger partial charge in [-0.25, -0.2) is 14.8 Å². The molecule has 2 aromatic heterocycles. The van der Waals surface area contributed by atoms with Crippen molar-refractivity contribution in [1.29, 1.82) is 0 Å². The third-order valence-electron chi connectivity index (χ3n) is 11.0. The first-order chi connectivity index (χ1) is 24.6. The van der Waals surface area contributed by atoms with Crippen molar-refractivity contribution < 1.29 is 33.5 Å². The number of rotatable bonds is 8. The van der Waals surface area contributed by atoms with E-state index in [0.29, 0.717) is 68.7 Å². The third-order valence-corrected chi connectivity index (χ3v) is 11.0. The first kappa shape index (κ1) is 36.4. The molecule has 0 fully saturated rings. The molecule has 8 bridgehead atoms. The van der Waals surface area contributed by atoms with Gasteiger partial charge in [0.1, 0.15) is 0 Å². The number of carbonyl (C=O) groups is 5. The van der Waals surface area contributed by atoms with Gasteiger partial charge in [-0.1, -0.05) is 39.7 Å². The van der Waals surface area contributed by atoms with Crippen molar-refractivity contribution >= 4 is 62.9 Å². The van der Waals surface area contributed by atoms with Crippen LogP contribution in [0.3, 0.4) is 0 Å². The van der Waals surface area contributed by atoms with Gasteiger partial charge in [0.2, 0.25) is 0 Å². The lowest BCUT2D eigenvalue weighted by Gasteiger charge is -2.25. The minimum absolute atomic E-state index is 0.00323. The summed E-state index contributed by atoms with van der Waals surface area (Å²) in [5.41, 5.74) is 8.49. The standard InChI is InChI=1S/C40H45N5O7/c1-11-24-19(5)26-16-31-33(38(48)18(4)17(2)3)21(7)28(42-31)14-27-20(6)25(12-13-32(47)51-10)36(43-27)35-37-34(22(8)29(44-37)15-30(24)41-26)39(49)45(40(35)50)52-23(9)46/h14-18,20,25,43-44H,11-13H2,1-10H3/t18?,20-,25-/m0/s1. The third kappa shape index (κ3) is 5.93. The van der Waals surface area contributed by atoms with Crippen molar-refractivity contribution in [2.45, 2.75) is 93.4 Å². The highest BCUT2D eigenvalue weighted by Gasteiger charge is 2.42. The number of ether oxygens (including phenoxy) is 1. The second kappa shape index (κ2) is 13.6. The predicted molar refractivity (Wildman–Crippen MR) is 196 cm³/mol. The SMILES string of the molecule is CCC1=C(C)c2cc3nc(cc4[nH]c(c5c6[nH]c(cc1n2)c(C)c6C(=O)N(OC(C)=O)C5=O)[C@@H](CCC(=O)OC)[C@@H]4C)C(C)=C3C(=O)C(C)C(C)C. The number of carbonyl (C=O) groups excluding carboxylic acids is 5. The number of Topliss-reactive ketones (excluding diaryl/α,β-unsaturated/α-hetero) is 1. The molecule has 272 valence electrons. The summed E-state index contributed by atoms with van der Waals surface area (Å²) >= 11 is 0. The number of aromatic nitrogens is 4. The highest BCUT2D eigenvalue weighted by molar-refractivity contribution is 6.29. The minimum Gasteiger partial charge on any atom is -0.469 e. The second-order valence-electron chi connectivity index (χ2n) is 14.3. The topological polar surface area (TPSA) is 164 Å². The van der Waals surface area contributed by atoms with E-state index in [1.165, 1.54) is 7.11 Å². The quantitative estimate of drug-likeness (QED) is 0.210. The van der Waals surface area contributed by atoms with Crippen molar-refractivity contribution in [3.05, 3.63) is 69.1 Å². The van der Waals surface area contributed by atoms with Gasteiger partial charge < -0.3 is 19.5 Å². The van der Waals surface area contributed by atoms with Crippen LogP contribution in [0.5, 0.6) is 0 Å². The number of aromatic amines is 2. The normalized spacial score (nSPS) is 18.2. The van der Waals surface area contributed by atoms with Gasteiger partial charge in [-0.2, -0.15) is 0 Å². The number of hydroxylamine groups is 2. The lowest BCUT2D eigenvalue weighted by Crippen LogP contribution is -2.42. The minimum atomic E-state index is -0.832. The Morgan fingerprint density at radius 1 is 0.904 bits per heavy atom. The van der Waals surface area contributed by atoms with Gasteiger partial charge in [0.15, 0.2) is 5.78 Å². The number of esters is 1. The van der Waals surface area contributed by atoms with Gasteiger partial charge in [0.25, 0.3) is 11.8 Å². The molecule has 2 N–H and O–H groups in total. The number of amides is 2. The van der Waals surface area contributed by atoms with E-state index in [9.17, 15) is 24.0 Å². The molecule has 3 atom stereocenters. The van der Waals surface area contributed by atoms with E-state index in [0.717, 1.165) is 23.6 Å². The van der Waals surface area contributed by atoms with Crippen molar-refractivity contribution in [1.82, 2.24) is 25.0 Å². The van der Waals surface area contributed by atoms with Crippen molar-refractivity contribution in [2.24, 2.45) is 11.8 Å². The zero-order chi connectivity index (χ0) is 37.9. The van der Waals surface area contributed by atoms with Crippen molar-refractivity contribution in [2.75, 3.05) is 7.11 Å². The Labute approximate surface area is 302 Å². The molecule has 6 heterocycles. The molecule has 52 heavy (non-hydrogen) atoms. The van der Waals surface area contributed by atoms with Crippen LogP contribution in [0.25, 0.3) is 33.3 Å². The highest BCUT2D eigenvalue weighted by Crippen LogP contribution is 2.45. The number of aryl methyl sites for hydroxylation is 1.